The summed E-state index contributed by atoms with van der Waals surface area (Å²) < 4.78 is 1.43. The molecule has 1 aliphatic heterocycles. The molecule has 0 unspecified atom stereocenters. The molecule has 0 saturated carbocycles. The molecule has 2 heterocycles. The summed E-state index contributed by atoms with van der Waals surface area (Å²) in [6.45, 7) is 7.87. The Morgan fingerprint density at radius 3 is 2.12 bits per heavy atom. The zero-order valence-electron chi connectivity index (χ0n) is 18.3. The molecule has 0 atom stereocenters. The molecule has 0 bridgehead atoms. The number of aromatic amines is 1. The molecule has 0 aliphatic carbocycles. The van der Waals surface area contributed by atoms with Gasteiger partial charge in [-0.05, 0) is 48.9 Å². The zero-order valence-corrected chi connectivity index (χ0v) is 19.9. The van der Waals surface area contributed by atoms with Crippen molar-refractivity contribution in [1.29, 1.82) is 0 Å². The Morgan fingerprint density at radius 2 is 1.53 bits per heavy atom. The van der Waals surface area contributed by atoms with Crippen LogP contribution in [-0.2, 0) is 0 Å². The number of rotatable bonds is 4. The van der Waals surface area contributed by atoms with Crippen LogP contribution in [0.15, 0.2) is 41.2 Å². The van der Waals surface area contributed by atoms with E-state index in [1.54, 1.807) is 6.07 Å². The van der Waals surface area contributed by atoms with Crippen LogP contribution in [0.3, 0.4) is 0 Å². The highest BCUT2D eigenvalue weighted by Crippen LogP contribution is 2.37. The first-order valence-electron chi connectivity index (χ1n) is 10.1. The van der Waals surface area contributed by atoms with Gasteiger partial charge in [0.25, 0.3) is 0 Å². The minimum absolute atomic E-state index is 0. The maximum atomic E-state index is 12.5. The van der Waals surface area contributed by atoms with Gasteiger partial charge >= 0.3 is 5.69 Å². The van der Waals surface area contributed by atoms with E-state index >= 15 is 0 Å². The van der Waals surface area contributed by atoms with Crippen molar-refractivity contribution < 1.29 is 10.2 Å². The number of phenols is 2. The lowest BCUT2D eigenvalue weighted by Crippen LogP contribution is -2.44. The maximum absolute atomic E-state index is 12.5. The van der Waals surface area contributed by atoms with Crippen LogP contribution in [0.5, 0.6) is 11.5 Å². The number of nitrogens with zero attached hydrogens (tertiary/aromatic N) is 4. The molecule has 3 N–H and O–H groups in total. The van der Waals surface area contributed by atoms with E-state index in [9.17, 15) is 15.0 Å². The summed E-state index contributed by atoms with van der Waals surface area (Å²) in [4.78, 5) is 17.2. The van der Waals surface area contributed by atoms with Crippen molar-refractivity contribution in [2.75, 3.05) is 38.1 Å². The highest BCUT2D eigenvalue weighted by Gasteiger charge is 2.20. The lowest BCUT2D eigenvalue weighted by Gasteiger charge is -2.34. The Kier molecular flexibility index (Phi) is 8.23. The van der Waals surface area contributed by atoms with Crippen LogP contribution in [0.4, 0.5) is 5.69 Å². The van der Waals surface area contributed by atoms with Crippen LogP contribution in [0, 0.1) is 0 Å². The van der Waals surface area contributed by atoms with Gasteiger partial charge in [0, 0.05) is 37.9 Å². The average molecular weight is 482 g/mol. The predicted molar refractivity (Wildman–Crippen MR) is 131 cm³/mol. The molecule has 3 aromatic rings. The largest absolute Gasteiger partial charge is 0.508 e. The molecule has 0 spiro atoms. The highest BCUT2D eigenvalue weighted by molar-refractivity contribution is 5.85. The molecule has 1 aliphatic rings. The third-order valence-electron chi connectivity index (χ3n) is 5.66. The van der Waals surface area contributed by atoms with Gasteiger partial charge in [-0.1, -0.05) is 13.8 Å². The SMILES string of the molecule is CC(C)c1cc(-c2n[nH]c(=O)n2-c2ccc(N3CCN(C)CC3)cc2)c(O)cc1O.Cl.Cl. The maximum Gasteiger partial charge on any atom is 0.348 e. The Balaban J connectivity index is 0.00000181. The summed E-state index contributed by atoms with van der Waals surface area (Å²) in [5.74, 6) is 0.233. The molecular weight excluding hydrogens is 453 g/mol. The minimum Gasteiger partial charge on any atom is -0.508 e. The van der Waals surface area contributed by atoms with Crippen LogP contribution in [0.1, 0.15) is 25.3 Å². The summed E-state index contributed by atoms with van der Waals surface area (Å²) >= 11 is 0. The average Bonchev–Trinajstić information content (AvgIpc) is 3.09. The van der Waals surface area contributed by atoms with E-state index in [2.05, 4.69) is 27.0 Å². The third-order valence-corrected chi connectivity index (χ3v) is 5.66. The van der Waals surface area contributed by atoms with Crippen LogP contribution in [0.2, 0.25) is 0 Å². The zero-order chi connectivity index (χ0) is 21.4. The van der Waals surface area contributed by atoms with E-state index in [4.69, 9.17) is 0 Å². The van der Waals surface area contributed by atoms with Gasteiger partial charge in [0.15, 0.2) is 5.82 Å². The standard InChI is InChI=1S/C22H27N5O3.2ClH/c1-14(2)17-12-18(20(29)13-19(17)28)21-23-24-22(30)27(21)16-6-4-15(5-7-16)26-10-8-25(3)9-11-26;;/h4-7,12-14,28-29H,8-11H2,1-3H3,(H,24,30);2*1H. The van der Waals surface area contributed by atoms with Gasteiger partial charge < -0.3 is 20.0 Å². The molecule has 32 heavy (non-hydrogen) atoms. The summed E-state index contributed by atoms with van der Waals surface area (Å²) in [7, 11) is 2.12. The fraction of sp³-hybridized carbons (Fsp3) is 0.364. The van der Waals surface area contributed by atoms with Gasteiger partial charge in [0.1, 0.15) is 11.5 Å². The molecule has 2 aromatic carbocycles. The predicted octanol–water partition coefficient (Wildman–Crippen LogP) is 3.36. The summed E-state index contributed by atoms with van der Waals surface area (Å²) in [5.41, 5.74) is 2.43. The molecule has 4 rings (SSSR count). The number of H-pyrrole nitrogens is 1. The lowest BCUT2D eigenvalue weighted by atomic mass is 9.98. The minimum atomic E-state index is -0.393. The fourth-order valence-corrected chi connectivity index (χ4v) is 3.83. The molecule has 1 saturated heterocycles. The van der Waals surface area contributed by atoms with Crippen molar-refractivity contribution >= 4 is 30.5 Å². The first kappa shape index (κ1) is 25.6. The van der Waals surface area contributed by atoms with Crippen molar-refractivity contribution in [3.8, 4) is 28.6 Å². The first-order chi connectivity index (χ1) is 14.3. The quantitative estimate of drug-likeness (QED) is 0.528. The number of likely N-dealkylation sites (N-methyl/N-ethyl adjacent to an activating group) is 1. The molecule has 1 fully saturated rings. The fourth-order valence-electron chi connectivity index (χ4n) is 3.83. The van der Waals surface area contributed by atoms with E-state index in [0.717, 1.165) is 31.9 Å². The second-order valence-electron chi connectivity index (χ2n) is 8.08. The lowest BCUT2D eigenvalue weighted by molar-refractivity contribution is 0.313. The van der Waals surface area contributed by atoms with Crippen molar-refractivity contribution in [2.24, 2.45) is 0 Å². The van der Waals surface area contributed by atoms with Crippen molar-refractivity contribution in [2.45, 2.75) is 19.8 Å². The smallest absolute Gasteiger partial charge is 0.348 e. The molecule has 1 aromatic heterocycles. The van der Waals surface area contributed by atoms with E-state index in [1.165, 1.54) is 10.6 Å². The molecule has 0 amide bonds. The van der Waals surface area contributed by atoms with Crippen LogP contribution < -0.4 is 10.6 Å². The number of anilines is 1. The van der Waals surface area contributed by atoms with Gasteiger partial charge in [-0.2, -0.15) is 5.10 Å². The van der Waals surface area contributed by atoms with Gasteiger partial charge in [-0.15, -0.1) is 24.8 Å². The Hall–Kier alpha value is -2.68. The molecule has 174 valence electrons. The number of nitrogens with one attached hydrogen (secondary N) is 1. The summed E-state index contributed by atoms with van der Waals surface area (Å²) in [5, 5.41) is 27.2. The number of hydrogen-bond acceptors (Lipinski definition) is 6. The van der Waals surface area contributed by atoms with E-state index < -0.39 is 5.69 Å². The van der Waals surface area contributed by atoms with E-state index in [1.807, 2.05) is 38.1 Å². The van der Waals surface area contributed by atoms with Crippen LogP contribution in [0.25, 0.3) is 17.1 Å². The van der Waals surface area contributed by atoms with Crippen molar-refractivity contribution in [3.05, 3.63) is 52.4 Å². The molecule has 0 radical (unpaired) electrons. The number of hydrogen-bond donors (Lipinski definition) is 3. The Bertz CT molecular complexity index is 1100. The molecular formula is C22H29Cl2N5O3. The Labute approximate surface area is 199 Å². The van der Waals surface area contributed by atoms with Gasteiger partial charge in [-0.25, -0.2) is 14.5 Å². The van der Waals surface area contributed by atoms with Crippen molar-refractivity contribution in [3.63, 3.8) is 0 Å². The van der Waals surface area contributed by atoms with Crippen LogP contribution >= 0.6 is 24.8 Å². The van der Waals surface area contributed by atoms with Crippen LogP contribution in [-0.4, -0.2) is 63.1 Å². The van der Waals surface area contributed by atoms with Gasteiger partial charge in [-0.3, -0.25) is 0 Å². The number of phenolic OH excluding ortho intramolecular Hbond substituents is 2. The molecule has 8 nitrogen and oxygen atoms in total. The number of aromatic hydroxyl groups is 2. The third kappa shape index (κ3) is 4.87. The normalized spacial score (nSPS) is 14.2. The number of piperazine rings is 1. The first-order valence-corrected chi connectivity index (χ1v) is 10.1. The summed E-state index contributed by atoms with van der Waals surface area (Å²) in [6.07, 6.45) is 0. The number of halogens is 2. The topological polar surface area (TPSA) is 97.6 Å². The van der Waals surface area contributed by atoms with E-state index in [0.29, 0.717) is 22.6 Å². The number of benzene rings is 2. The summed E-state index contributed by atoms with van der Waals surface area (Å²) in [6, 6.07) is 10.7. The highest BCUT2D eigenvalue weighted by atomic mass is 35.5. The van der Waals surface area contributed by atoms with Gasteiger partial charge in [0.05, 0.1) is 11.3 Å². The number of aromatic nitrogens is 3. The second-order valence-corrected chi connectivity index (χ2v) is 8.08. The monoisotopic (exact) mass is 481 g/mol. The Morgan fingerprint density at radius 1 is 0.938 bits per heavy atom. The van der Waals surface area contributed by atoms with Gasteiger partial charge in [0.2, 0.25) is 0 Å². The van der Waals surface area contributed by atoms with E-state index in [-0.39, 0.29) is 42.2 Å². The second kappa shape index (κ2) is 10.3. The van der Waals surface area contributed by atoms with Crippen molar-refractivity contribution in [1.82, 2.24) is 19.7 Å². The molecule has 10 heteroatoms.